The van der Waals surface area contributed by atoms with Gasteiger partial charge in [0.25, 0.3) is 0 Å². The second-order valence-electron chi connectivity index (χ2n) is 7.14. The predicted molar refractivity (Wildman–Crippen MR) is 140 cm³/mol. The molecule has 0 fully saturated rings. The van der Waals surface area contributed by atoms with Crippen LogP contribution in [0.4, 0.5) is 11.4 Å². The van der Waals surface area contributed by atoms with Gasteiger partial charge in [0.05, 0.1) is 9.79 Å². The van der Waals surface area contributed by atoms with Crippen molar-refractivity contribution < 1.29 is 38.6 Å². The predicted octanol–water partition coefficient (Wildman–Crippen LogP) is 6.33. The van der Waals surface area contributed by atoms with Crippen molar-refractivity contribution >= 4 is 31.4 Å². The molecule has 11 heteroatoms. The zero-order valence-corrected chi connectivity index (χ0v) is 23.9. The number of hydrogen-bond acceptors (Lipinski definition) is 4. The molecule has 3 aromatic rings. The van der Waals surface area contributed by atoms with Crippen molar-refractivity contribution in [3.63, 3.8) is 0 Å². The van der Waals surface area contributed by atoms with Gasteiger partial charge in [-0.05, 0) is 38.1 Å². The molecule has 0 aliphatic heterocycles. The molecular formula is C24H30N4O4S2Ti. The fourth-order valence-electron chi connectivity index (χ4n) is 2.40. The molecule has 0 saturated carbocycles. The van der Waals surface area contributed by atoms with E-state index < -0.39 is 20.0 Å². The monoisotopic (exact) mass is 550 g/mol. The summed E-state index contributed by atoms with van der Waals surface area (Å²) in [6.45, 7) is 3.69. The topological polar surface area (TPSA) is 125 Å². The summed E-state index contributed by atoms with van der Waals surface area (Å²) in [6, 6.07) is 18.5. The number of rotatable bonds is 6. The van der Waals surface area contributed by atoms with E-state index in [0.29, 0.717) is 0 Å². The Hall–Kier alpha value is -2.21. The summed E-state index contributed by atoms with van der Waals surface area (Å²) in [5.74, 6) is 0. The quantitative estimate of drug-likeness (QED) is 0.333. The number of sulfonamides is 2. The van der Waals surface area contributed by atoms with Gasteiger partial charge in [0.15, 0.2) is 0 Å². The molecule has 0 amide bonds. The minimum absolute atomic E-state index is 0. The third-order valence-corrected chi connectivity index (χ3v) is 6.57. The van der Waals surface area contributed by atoms with E-state index in [1.54, 1.807) is 64.6 Å². The summed E-state index contributed by atoms with van der Waals surface area (Å²) in [6.07, 6.45) is 0. The second-order valence-corrected chi connectivity index (χ2v) is 10.4. The molecule has 3 rings (SSSR count). The van der Waals surface area contributed by atoms with E-state index >= 15 is 0 Å². The first-order chi connectivity index (χ1) is 16.0. The van der Waals surface area contributed by atoms with Crippen molar-refractivity contribution in [2.24, 2.45) is 0 Å². The largest absolute Gasteiger partial charge is 4.00 e. The molecule has 0 atom stereocenters. The Bertz CT molecular complexity index is 1130. The molecule has 186 valence electrons. The van der Waals surface area contributed by atoms with Crippen LogP contribution in [0.3, 0.4) is 0 Å². The van der Waals surface area contributed by atoms with Gasteiger partial charge in [0, 0.05) is 0 Å². The summed E-state index contributed by atoms with van der Waals surface area (Å²) in [5, 5.41) is 7.00. The standard InChI is InChI=1S/C20H18N2O4S2.2C2H6N.Ti/c1-15-7-11-17(12-8-15)27(23,24)21-19-5-3-4-6-20(19)22-28(25,26)18-13-9-16(2)10-14-18;2*1-3-2;/h3-14H,1-2H3;2*1-2H3;/q-2;2*-1;+4. The van der Waals surface area contributed by atoms with Crippen LogP contribution in [0.1, 0.15) is 11.1 Å². The van der Waals surface area contributed by atoms with Gasteiger partial charge in [-0.25, -0.2) is 16.8 Å². The van der Waals surface area contributed by atoms with Gasteiger partial charge in [-0.2, -0.15) is 28.2 Å². The Morgan fingerprint density at radius 1 is 0.514 bits per heavy atom. The van der Waals surface area contributed by atoms with E-state index in [0.717, 1.165) is 11.1 Å². The molecule has 0 aliphatic carbocycles. The van der Waals surface area contributed by atoms with Crippen LogP contribution in [-0.4, -0.2) is 45.0 Å². The maximum absolute atomic E-state index is 12.6. The first-order valence-corrected chi connectivity index (χ1v) is 13.0. The molecule has 0 bridgehead atoms. The molecule has 8 nitrogen and oxygen atoms in total. The van der Waals surface area contributed by atoms with Crippen LogP contribution < -0.4 is 0 Å². The van der Waals surface area contributed by atoms with E-state index in [2.05, 4.69) is 20.1 Å². The minimum atomic E-state index is -4.01. The number of nitrogens with zero attached hydrogens (tertiary/aromatic N) is 4. The zero-order valence-electron chi connectivity index (χ0n) is 20.7. The third-order valence-electron chi connectivity index (χ3n) is 3.96. The molecule has 0 aliphatic rings. The van der Waals surface area contributed by atoms with E-state index in [1.807, 2.05) is 13.8 Å². The summed E-state index contributed by atoms with van der Waals surface area (Å²) < 4.78 is 57.9. The zero-order chi connectivity index (χ0) is 25.8. The van der Waals surface area contributed by atoms with E-state index in [4.69, 9.17) is 0 Å². The number of hydrogen-bond donors (Lipinski definition) is 0. The van der Waals surface area contributed by atoms with E-state index in [-0.39, 0.29) is 42.9 Å². The van der Waals surface area contributed by atoms with Crippen molar-refractivity contribution in [2.45, 2.75) is 23.6 Å². The minimum Gasteiger partial charge on any atom is -0.668 e. The molecule has 0 aromatic heterocycles. The fourth-order valence-corrected chi connectivity index (χ4v) is 4.40. The van der Waals surface area contributed by atoms with Crippen molar-refractivity contribution in [3.05, 3.63) is 104 Å². The Morgan fingerprint density at radius 3 is 1.03 bits per heavy atom. The Kier molecular flexibility index (Phi) is 14.7. The molecular weight excluding hydrogens is 520 g/mol. The molecule has 0 N–H and O–H groups in total. The first-order valence-electron chi connectivity index (χ1n) is 10.1. The van der Waals surface area contributed by atoms with Gasteiger partial charge in [-0.1, -0.05) is 59.7 Å². The SMILES string of the molecule is C[N-]C.C[N-]C.Cc1ccc(S(=O)(=O)[N-]c2ccccc2[N-]S(=O)(=O)c2ccc(C)cc2)cc1.[Ti+4]. The summed E-state index contributed by atoms with van der Waals surface area (Å²) >= 11 is 0. The van der Waals surface area contributed by atoms with Gasteiger partial charge < -0.3 is 20.1 Å². The van der Waals surface area contributed by atoms with Gasteiger partial charge in [-0.15, -0.1) is 11.4 Å². The number of benzene rings is 3. The first kappa shape index (κ1) is 32.8. The van der Waals surface area contributed by atoms with Crippen LogP contribution in [0.15, 0.2) is 82.6 Å². The summed E-state index contributed by atoms with van der Waals surface area (Å²) in [7, 11) is -1.02. The van der Waals surface area contributed by atoms with Crippen LogP contribution >= 0.6 is 0 Å². The molecule has 35 heavy (non-hydrogen) atoms. The van der Waals surface area contributed by atoms with Gasteiger partial charge >= 0.3 is 21.7 Å². The Balaban J connectivity index is 0.00000150. The van der Waals surface area contributed by atoms with Crippen molar-refractivity contribution in [3.8, 4) is 0 Å². The molecule has 0 unspecified atom stereocenters. The van der Waals surface area contributed by atoms with E-state index in [9.17, 15) is 16.8 Å². The second kappa shape index (κ2) is 15.7. The van der Waals surface area contributed by atoms with Crippen molar-refractivity contribution in [1.82, 2.24) is 0 Å². The maximum atomic E-state index is 12.6. The Morgan fingerprint density at radius 2 is 0.771 bits per heavy atom. The smallest absolute Gasteiger partial charge is 0.668 e. The van der Waals surface area contributed by atoms with Crippen molar-refractivity contribution in [2.75, 3.05) is 28.2 Å². The van der Waals surface area contributed by atoms with Crippen LogP contribution in [0, 0.1) is 13.8 Å². The summed E-state index contributed by atoms with van der Waals surface area (Å²) in [4.78, 5) is 0.0450. The van der Waals surface area contributed by atoms with Crippen LogP contribution in [0.2, 0.25) is 0 Å². The van der Waals surface area contributed by atoms with E-state index in [1.165, 1.54) is 36.4 Å². The third kappa shape index (κ3) is 10.9. The van der Waals surface area contributed by atoms with Crippen LogP contribution in [0.5, 0.6) is 0 Å². The van der Waals surface area contributed by atoms with Gasteiger partial charge in [0.1, 0.15) is 20.0 Å². The average molecular weight is 551 g/mol. The average Bonchev–Trinajstić information content (AvgIpc) is 2.76. The van der Waals surface area contributed by atoms with Crippen LogP contribution in [0.25, 0.3) is 20.1 Å². The molecule has 3 aromatic carbocycles. The molecule has 0 radical (unpaired) electrons. The number of aryl methyl sites for hydroxylation is 2. The molecule has 0 spiro atoms. The van der Waals surface area contributed by atoms with Crippen molar-refractivity contribution in [1.29, 1.82) is 0 Å². The van der Waals surface area contributed by atoms with Crippen LogP contribution in [-0.2, 0) is 41.8 Å². The maximum Gasteiger partial charge on any atom is 4.00 e. The molecule has 0 heterocycles. The normalized spacial score (nSPS) is 10.5. The molecule has 0 saturated heterocycles. The van der Waals surface area contributed by atoms with Gasteiger partial charge in [0.2, 0.25) is 0 Å². The Labute approximate surface area is 224 Å². The van der Waals surface area contributed by atoms with Gasteiger partial charge in [-0.3, -0.25) is 0 Å². The fraction of sp³-hybridized carbons (Fsp3) is 0.250. The summed E-state index contributed by atoms with van der Waals surface area (Å²) in [5.41, 5.74) is 1.75.